The quantitative estimate of drug-likeness (QED) is 0.647. The summed E-state index contributed by atoms with van der Waals surface area (Å²) in [4.78, 5) is 11.4. The van der Waals surface area contributed by atoms with Gasteiger partial charge in [-0.05, 0) is 24.6 Å². The van der Waals surface area contributed by atoms with Gasteiger partial charge in [0.2, 0.25) is 5.95 Å². The molecule has 112 valence electrons. The van der Waals surface area contributed by atoms with Gasteiger partial charge in [0, 0.05) is 5.02 Å². The number of aromatic nitrogens is 3. The second kappa shape index (κ2) is 7.33. The number of rotatable bonds is 6. The van der Waals surface area contributed by atoms with Crippen LogP contribution in [0.5, 0.6) is 0 Å². The van der Waals surface area contributed by atoms with E-state index < -0.39 is 0 Å². The van der Waals surface area contributed by atoms with Crippen LogP contribution in [0.15, 0.2) is 29.4 Å². The van der Waals surface area contributed by atoms with Crippen molar-refractivity contribution in [3.63, 3.8) is 0 Å². The Hall–Kier alpha value is -1.73. The standard InChI is InChI=1S/C13H15ClN4O2S/c1-2-20-11(19)8-21-13-17-16-12(15)18(13)7-9-3-5-10(14)6-4-9/h3-6H,2,7-8H2,1H3,(H2,15,16). The fraction of sp³-hybridized carbons (Fsp3) is 0.308. The lowest BCUT2D eigenvalue weighted by molar-refractivity contribution is -0.139. The summed E-state index contributed by atoms with van der Waals surface area (Å²) in [5.74, 6) is 0.186. The zero-order valence-corrected chi connectivity index (χ0v) is 13.0. The summed E-state index contributed by atoms with van der Waals surface area (Å²) in [6.07, 6.45) is 0. The summed E-state index contributed by atoms with van der Waals surface area (Å²) >= 11 is 7.11. The van der Waals surface area contributed by atoms with Crippen LogP contribution in [-0.2, 0) is 16.1 Å². The van der Waals surface area contributed by atoms with Crippen molar-refractivity contribution in [3.8, 4) is 0 Å². The van der Waals surface area contributed by atoms with Crippen molar-refractivity contribution in [2.45, 2.75) is 18.6 Å². The average Bonchev–Trinajstić information content (AvgIpc) is 2.80. The number of hydrogen-bond acceptors (Lipinski definition) is 6. The van der Waals surface area contributed by atoms with Gasteiger partial charge in [-0.3, -0.25) is 9.36 Å². The molecule has 1 aromatic heterocycles. The van der Waals surface area contributed by atoms with Crippen LogP contribution >= 0.6 is 23.4 Å². The first-order valence-electron chi connectivity index (χ1n) is 6.31. The van der Waals surface area contributed by atoms with E-state index in [-0.39, 0.29) is 11.7 Å². The minimum absolute atomic E-state index is 0.173. The summed E-state index contributed by atoms with van der Waals surface area (Å²) in [5.41, 5.74) is 6.84. The van der Waals surface area contributed by atoms with Gasteiger partial charge < -0.3 is 10.5 Å². The lowest BCUT2D eigenvalue weighted by Gasteiger charge is -2.08. The molecule has 0 saturated carbocycles. The number of hydrogen-bond donors (Lipinski definition) is 1. The van der Waals surface area contributed by atoms with E-state index in [4.69, 9.17) is 22.1 Å². The SMILES string of the molecule is CCOC(=O)CSc1nnc(N)n1Cc1ccc(Cl)cc1. The van der Waals surface area contributed by atoms with Crippen LogP contribution in [0.2, 0.25) is 5.02 Å². The van der Waals surface area contributed by atoms with Gasteiger partial charge in [0.25, 0.3) is 0 Å². The Labute approximate surface area is 131 Å². The van der Waals surface area contributed by atoms with E-state index in [0.29, 0.717) is 29.3 Å². The topological polar surface area (TPSA) is 83.0 Å². The van der Waals surface area contributed by atoms with Gasteiger partial charge in [0.1, 0.15) is 0 Å². The van der Waals surface area contributed by atoms with E-state index in [2.05, 4.69) is 10.2 Å². The summed E-state index contributed by atoms with van der Waals surface area (Å²) < 4.78 is 6.62. The Morgan fingerprint density at radius 2 is 2.10 bits per heavy atom. The maximum Gasteiger partial charge on any atom is 0.316 e. The van der Waals surface area contributed by atoms with Crippen molar-refractivity contribution in [1.82, 2.24) is 14.8 Å². The lowest BCUT2D eigenvalue weighted by Crippen LogP contribution is -2.09. The number of nitrogen functional groups attached to an aromatic ring is 1. The van der Waals surface area contributed by atoms with Crippen molar-refractivity contribution < 1.29 is 9.53 Å². The molecule has 1 heterocycles. The molecule has 0 saturated heterocycles. The molecular weight excluding hydrogens is 312 g/mol. The first kappa shape index (κ1) is 15.7. The lowest BCUT2D eigenvalue weighted by atomic mass is 10.2. The smallest absolute Gasteiger partial charge is 0.316 e. The number of carbonyl (C=O) groups is 1. The van der Waals surface area contributed by atoms with E-state index in [9.17, 15) is 4.79 Å². The van der Waals surface area contributed by atoms with Crippen molar-refractivity contribution in [2.24, 2.45) is 0 Å². The monoisotopic (exact) mass is 326 g/mol. The maximum atomic E-state index is 11.4. The van der Waals surface area contributed by atoms with Crippen molar-refractivity contribution in [2.75, 3.05) is 18.1 Å². The minimum atomic E-state index is -0.290. The predicted octanol–water partition coefficient (Wildman–Crippen LogP) is 2.22. The number of nitrogens with two attached hydrogens (primary N) is 1. The summed E-state index contributed by atoms with van der Waals surface area (Å²) in [6, 6.07) is 7.43. The van der Waals surface area contributed by atoms with Crippen molar-refractivity contribution in [1.29, 1.82) is 0 Å². The minimum Gasteiger partial charge on any atom is -0.465 e. The Morgan fingerprint density at radius 1 is 1.38 bits per heavy atom. The van der Waals surface area contributed by atoms with Crippen LogP contribution in [0.4, 0.5) is 5.95 Å². The van der Waals surface area contributed by atoms with Gasteiger partial charge in [-0.1, -0.05) is 35.5 Å². The molecule has 21 heavy (non-hydrogen) atoms. The number of thioether (sulfide) groups is 1. The molecule has 2 aromatic rings. The van der Waals surface area contributed by atoms with Gasteiger partial charge in [0.15, 0.2) is 5.16 Å². The van der Waals surface area contributed by atoms with Crippen LogP contribution < -0.4 is 5.73 Å². The normalized spacial score (nSPS) is 10.6. The molecule has 8 heteroatoms. The van der Waals surface area contributed by atoms with Crippen LogP contribution in [0.25, 0.3) is 0 Å². The molecule has 0 aliphatic carbocycles. The number of ether oxygens (including phenoxy) is 1. The Balaban J connectivity index is 2.07. The first-order valence-corrected chi connectivity index (χ1v) is 7.68. The van der Waals surface area contributed by atoms with E-state index >= 15 is 0 Å². The fourth-order valence-corrected chi connectivity index (χ4v) is 2.52. The number of benzene rings is 1. The van der Waals surface area contributed by atoms with Gasteiger partial charge in [-0.15, -0.1) is 10.2 Å². The average molecular weight is 327 g/mol. The van der Waals surface area contributed by atoms with Crippen molar-refractivity contribution >= 4 is 35.3 Å². The number of nitrogens with zero attached hydrogens (tertiary/aromatic N) is 3. The second-order valence-corrected chi connectivity index (χ2v) is 5.53. The van der Waals surface area contributed by atoms with Crippen molar-refractivity contribution in [3.05, 3.63) is 34.9 Å². The molecule has 0 bridgehead atoms. The van der Waals surface area contributed by atoms with Crippen LogP contribution in [-0.4, -0.2) is 33.1 Å². The number of carbonyl (C=O) groups excluding carboxylic acids is 1. The molecule has 0 fully saturated rings. The van der Waals surface area contributed by atoms with E-state index in [1.165, 1.54) is 11.8 Å². The van der Waals surface area contributed by atoms with Crippen LogP contribution in [0.1, 0.15) is 12.5 Å². The Kier molecular flexibility index (Phi) is 5.46. The molecule has 0 amide bonds. The van der Waals surface area contributed by atoms with Gasteiger partial charge in [-0.2, -0.15) is 0 Å². The third kappa shape index (κ3) is 4.37. The first-order chi connectivity index (χ1) is 10.1. The molecule has 0 aliphatic rings. The molecule has 0 unspecified atom stereocenters. The van der Waals surface area contributed by atoms with E-state index in [1.807, 2.05) is 24.3 Å². The molecule has 2 rings (SSSR count). The van der Waals surface area contributed by atoms with Crippen LogP contribution in [0, 0.1) is 0 Å². The third-order valence-electron chi connectivity index (χ3n) is 2.62. The number of esters is 1. The molecule has 0 radical (unpaired) electrons. The van der Waals surface area contributed by atoms with Gasteiger partial charge in [-0.25, -0.2) is 0 Å². The highest BCUT2D eigenvalue weighted by molar-refractivity contribution is 7.99. The Bertz CT molecular complexity index is 615. The van der Waals surface area contributed by atoms with E-state index in [0.717, 1.165) is 5.56 Å². The van der Waals surface area contributed by atoms with Gasteiger partial charge >= 0.3 is 5.97 Å². The summed E-state index contributed by atoms with van der Waals surface area (Å²) in [6.45, 7) is 2.64. The predicted molar refractivity (Wildman–Crippen MR) is 82.3 cm³/mol. The highest BCUT2D eigenvalue weighted by Gasteiger charge is 2.13. The van der Waals surface area contributed by atoms with Crippen LogP contribution in [0.3, 0.4) is 0 Å². The van der Waals surface area contributed by atoms with E-state index in [1.54, 1.807) is 11.5 Å². The zero-order valence-electron chi connectivity index (χ0n) is 11.5. The summed E-state index contributed by atoms with van der Waals surface area (Å²) in [7, 11) is 0. The highest BCUT2D eigenvalue weighted by atomic mass is 35.5. The molecule has 0 spiro atoms. The Morgan fingerprint density at radius 3 is 2.76 bits per heavy atom. The number of halogens is 1. The summed E-state index contributed by atoms with van der Waals surface area (Å²) in [5, 5.41) is 9.08. The molecule has 6 nitrogen and oxygen atoms in total. The molecular formula is C13H15ClN4O2S. The number of anilines is 1. The van der Waals surface area contributed by atoms with Gasteiger partial charge in [0.05, 0.1) is 18.9 Å². The maximum absolute atomic E-state index is 11.4. The second-order valence-electron chi connectivity index (χ2n) is 4.15. The molecule has 1 aromatic carbocycles. The molecule has 2 N–H and O–H groups in total. The fourth-order valence-electron chi connectivity index (χ4n) is 1.65. The highest BCUT2D eigenvalue weighted by Crippen LogP contribution is 2.20. The largest absolute Gasteiger partial charge is 0.465 e. The third-order valence-corrected chi connectivity index (χ3v) is 3.82. The zero-order chi connectivity index (χ0) is 15.2. The molecule has 0 aliphatic heterocycles. The molecule has 0 atom stereocenters.